The maximum atomic E-state index is 10.9. The summed E-state index contributed by atoms with van der Waals surface area (Å²) >= 11 is 0. The Morgan fingerprint density at radius 3 is 2.50 bits per heavy atom. The summed E-state index contributed by atoms with van der Waals surface area (Å²) in [7, 11) is 0. The first kappa shape index (κ1) is 12.0. The number of hydrogen-bond donors (Lipinski definition) is 1. The van der Waals surface area contributed by atoms with Crippen LogP contribution in [0, 0.1) is 10.1 Å². The molecule has 0 radical (unpaired) electrons. The van der Waals surface area contributed by atoms with Gasteiger partial charge in [-0.1, -0.05) is 30.3 Å². The van der Waals surface area contributed by atoms with Gasteiger partial charge in [-0.25, -0.2) is 0 Å². The fourth-order valence-electron chi connectivity index (χ4n) is 1.95. The Morgan fingerprint density at radius 2 is 1.65 bits per heavy atom. The molecule has 0 aliphatic rings. The molecule has 0 spiro atoms. The average Bonchev–Trinajstić information content (AvgIpc) is 2.88. The van der Waals surface area contributed by atoms with Crippen molar-refractivity contribution in [1.29, 1.82) is 0 Å². The zero-order chi connectivity index (χ0) is 13.9. The van der Waals surface area contributed by atoms with E-state index in [-0.39, 0.29) is 11.4 Å². The molecule has 0 aliphatic carbocycles. The average molecular weight is 266 g/mol. The summed E-state index contributed by atoms with van der Waals surface area (Å²) in [5.41, 5.74) is 1.78. The lowest BCUT2D eigenvalue weighted by molar-refractivity contribution is -0.384. The third kappa shape index (κ3) is 2.14. The predicted octanol–water partition coefficient (Wildman–Crippen LogP) is 4.49. The van der Waals surface area contributed by atoms with Crippen molar-refractivity contribution < 1.29 is 4.92 Å². The fraction of sp³-hybridized carbons (Fsp3) is 0. The quantitative estimate of drug-likeness (QED) is 0.430. The summed E-state index contributed by atoms with van der Waals surface area (Å²) < 4.78 is 0. The Bertz CT molecular complexity index is 808. The maximum Gasteiger partial charge on any atom is 0.296 e. The molecule has 0 saturated carbocycles. The Hall–Kier alpha value is -3.02. The first-order valence-corrected chi connectivity index (χ1v) is 5.97. The van der Waals surface area contributed by atoms with E-state index in [1.54, 1.807) is 24.4 Å². The van der Waals surface area contributed by atoms with Crippen molar-refractivity contribution in [2.45, 2.75) is 0 Å². The number of rotatable bonds is 3. The summed E-state index contributed by atoms with van der Waals surface area (Å²) in [5, 5.41) is 19.9. The summed E-state index contributed by atoms with van der Waals surface area (Å²) in [4.78, 5) is 13.5. The molecule has 6 heteroatoms. The van der Waals surface area contributed by atoms with Crippen LogP contribution in [0.2, 0.25) is 0 Å². The number of aromatic nitrogens is 1. The predicted molar refractivity (Wildman–Crippen MR) is 75.6 cm³/mol. The third-order valence-corrected chi connectivity index (χ3v) is 2.91. The van der Waals surface area contributed by atoms with Crippen LogP contribution in [0.5, 0.6) is 0 Å². The van der Waals surface area contributed by atoms with Crippen molar-refractivity contribution in [3.05, 3.63) is 64.8 Å². The van der Waals surface area contributed by atoms with Crippen LogP contribution in [0.25, 0.3) is 10.9 Å². The van der Waals surface area contributed by atoms with E-state index >= 15 is 0 Å². The number of nitro groups is 1. The molecule has 98 valence electrons. The number of aromatic amines is 1. The Morgan fingerprint density at radius 1 is 0.950 bits per heavy atom. The highest BCUT2D eigenvalue weighted by Crippen LogP contribution is 2.31. The highest BCUT2D eigenvalue weighted by Gasteiger charge is 2.11. The first-order chi connectivity index (χ1) is 9.75. The number of H-pyrrole nitrogens is 1. The van der Waals surface area contributed by atoms with Gasteiger partial charge in [0.1, 0.15) is 5.69 Å². The lowest BCUT2D eigenvalue weighted by atomic mass is 10.2. The van der Waals surface area contributed by atoms with Crippen LogP contribution in [0.15, 0.2) is 65.0 Å². The van der Waals surface area contributed by atoms with Crippen molar-refractivity contribution >= 4 is 28.0 Å². The number of benzene rings is 2. The molecule has 1 N–H and O–H groups in total. The molecule has 3 aromatic rings. The molecule has 3 rings (SSSR count). The molecule has 0 saturated heterocycles. The van der Waals surface area contributed by atoms with Gasteiger partial charge in [-0.3, -0.25) is 10.1 Å². The molecular weight excluding hydrogens is 256 g/mol. The third-order valence-electron chi connectivity index (χ3n) is 2.91. The van der Waals surface area contributed by atoms with Crippen LogP contribution in [0.4, 0.5) is 17.1 Å². The van der Waals surface area contributed by atoms with Crippen molar-refractivity contribution in [1.82, 2.24) is 4.98 Å². The van der Waals surface area contributed by atoms with E-state index < -0.39 is 4.92 Å². The minimum absolute atomic E-state index is 0.0592. The molecule has 0 atom stereocenters. The van der Waals surface area contributed by atoms with Crippen LogP contribution in [-0.2, 0) is 0 Å². The second-order valence-corrected chi connectivity index (χ2v) is 4.17. The largest absolute Gasteiger partial charge is 0.359 e. The molecule has 0 unspecified atom stereocenters. The van der Waals surface area contributed by atoms with E-state index in [9.17, 15) is 10.1 Å². The van der Waals surface area contributed by atoms with Crippen LogP contribution in [-0.4, -0.2) is 9.91 Å². The molecular formula is C14H10N4O2. The van der Waals surface area contributed by atoms with Crippen LogP contribution < -0.4 is 0 Å². The number of nitrogens with one attached hydrogen (secondary N) is 1. The molecule has 1 heterocycles. The van der Waals surface area contributed by atoms with Gasteiger partial charge in [-0.2, -0.15) is 0 Å². The standard InChI is InChI=1S/C14H10N4O2/c19-18(20)14-8-4-3-7-12(14)16-17-13-9-15-11-6-2-1-5-10(11)13/h1-9,15H. The number of azo groups is 1. The summed E-state index contributed by atoms with van der Waals surface area (Å²) in [6, 6.07) is 13.9. The smallest absolute Gasteiger partial charge is 0.296 e. The highest BCUT2D eigenvalue weighted by molar-refractivity contribution is 5.90. The van der Waals surface area contributed by atoms with Crippen molar-refractivity contribution in [3.63, 3.8) is 0 Å². The minimum atomic E-state index is -0.469. The van der Waals surface area contributed by atoms with Gasteiger partial charge >= 0.3 is 0 Å². The van der Waals surface area contributed by atoms with Gasteiger partial charge in [0.05, 0.1) is 4.92 Å². The van der Waals surface area contributed by atoms with Crippen LogP contribution in [0.1, 0.15) is 0 Å². The van der Waals surface area contributed by atoms with E-state index in [4.69, 9.17) is 0 Å². The molecule has 2 aromatic carbocycles. The lowest BCUT2D eigenvalue weighted by Gasteiger charge is -1.95. The first-order valence-electron chi connectivity index (χ1n) is 5.97. The van der Waals surface area contributed by atoms with Gasteiger partial charge < -0.3 is 4.98 Å². The van der Waals surface area contributed by atoms with E-state index in [1.165, 1.54) is 6.07 Å². The normalized spacial score (nSPS) is 11.2. The van der Waals surface area contributed by atoms with Crippen LogP contribution in [0.3, 0.4) is 0 Å². The zero-order valence-corrected chi connectivity index (χ0v) is 10.4. The minimum Gasteiger partial charge on any atom is -0.359 e. The molecule has 0 bridgehead atoms. The lowest BCUT2D eigenvalue weighted by Crippen LogP contribution is -1.86. The zero-order valence-electron chi connectivity index (χ0n) is 10.4. The molecule has 20 heavy (non-hydrogen) atoms. The molecule has 0 aliphatic heterocycles. The van der Waals surface area contributed by atoms with Crippen molar-refractivity contribution in [2.24, 2.45) is 10.2 Å². The summed E-state index contributed by atoms with van der Waals surface area (Å²) in [6.07, 6.45) is 1.73. The second-order valence-electron chi connectivity index (χ2n) is 4.17. The van der Waals surface area contributed by atoms with E-state index in [1.807, 2.05) is 24.3 Å². The Labute approximate surface area is 113 Å². The highest BCUT2D eigenvalue weighted by atomic mass is 16.6. The molecule has 0 fully saturated rings. The molecule has 6 nitrogen and oxygen atoms in total. The van der Waals surface area contributed by atoms with E-state index in [0.29, 0.717) is 5.69 Å². The van der Waals surface area contributed by atoms with E-state index in [2.05, 4.69) is 15.2 Å². The van der Waals surface area contributed by atoms with E-state index in [0.717, 1.165) is 10.9 Å². The van der Waals surface area contributed by atoms with Crippen molar-refractivity contribution in [2.75, 3.05) is 0 Å². The Kier molecular flexibility index (Phi) is 2.96. The van der Waals surface area contributed by atoms with Gasteiger partial charge in [0.15, 0.2) is 5.69 Å². The fourth-order valence-corrected chi connectivity index (χ4v) is 1.95. The number of fused-ring (bicyclic) bond motifs is 1. The molecule has 0 amide bonds. The summed E-state index contributed by atoms with van der Waals surface area (Å²) in [6.45, 7) is 0. The monoisotopic (exact) mass is 266 g/mol. The van der Waals surface area contributed by atoms with Gasteiger partial charge in [0.2, 0.25) is 0 Å². The van der Waals surface area contributed by atoms with Gasteiger partial charge in [0, 0.05) is 23.2 Å². The second kappa shape index (κ2) is 4.93. The van der Waals surface area contributed by atoms with Gasteiger partial charge in [0.25, 0.3) is 5.69 Å². The Balaban J connectivity index is 2.01. The molecule has 1 aromatic heterocycles. The SMILES string of the molecule is O=[N+]([O-])c1ccccc1N=Nc1c[nH]c2ccccc12. The van der Waals surface area contributed by atoms with Crippen molar-refractivity contribution in [3.8, 4) is 0 Å². The van der Waals surface area contributed by atoms with Gasteiger partial charge in [-0.15, -0.1) is 10.2 Å². The van der Waals surface area contributed by atoms with Gasteiger partial charge in [-0.05, 0) is 12.1 Å². The summed E-state index contributed by atoms with van der Waals surface area (Å²) in [5.74, 6) is 0. The maximum absolute atomic E-state index is 10.9. The number of nitro benzene ring substituents is 1. The van der Waals surface area contributed by atoms with Crippen LogP contribution >= 0.6 is 0 Å². The number of hydrogen-bond acceptors (Lipinski definition) is 4. The topological polar surface area (TPSA) is 83.7 Å². The number of para-hydroxylation sites is 2. The number of nitrogens with zero attached hydrogens (tertiary/aromatic N) is 3.